The summed E-state index contributed by atoms with van der Waals surface area (Å²) in [6.07, 6.45) is 4.11. The Labute approximate surface area is 122 Å². The van der Waals surface area contributed by atoms with Crippen molar-refractivity contribution in [3.8, 4) is 16.9 Å². The molecule has 107 valence electrons. The number of nitrogens with one attached hydrogen (secondary N) is 1. The molecule has 21 heavy (non-hydrogen) atoms. The Hall–Kier alpha value is -2.43. The van der Waals surface area contributed by atoms with Crippen LogP contribution in [-0.2, 0) is 4.79 Å². The van der Waals surface area contributed by atoms with Crippen molar-refractivity contribution < 1.29 is 13.9 Å². The van der Waals surface area contributed by atoms with Crippen molar-refractivity contribution in [2.45, 2.75) is 18.9 Å². The molecule has 0 aliphatic carbocycles. The number of aromatic nitrogens is 1. The molecule has 1 aliphatic heterocycles. The van der Waals surface area contributed by atoms with Crippen molar-refractivity contribution >= 4 is 5.91 Å². The predicted molar refractivity (Wildman–Crippen MR) is 75.1 cm³/mol. The summed E-state index contributed by atoms with van der Waals surface area (Å²) in [5, 5.41) is 2.75. The fourth-order valence-corrected chi connectivity index (χ4v) is 2.33. The lowest BCUT2D eigenvalue weighted by atomic mass is 10.1. The molecule has 1 atom stereocenters. The number of amides is 1. The summed E-state index contributed by atoms with van der Waals surface area (Å²) in [7, 11) is 0. The standard InChI is InChI=1S/C16H14FN2O2/c17-13-4-1-5-14(16(13)11-3-2-8-18-9-11)21-12-6-7-15(20)19-10-12/h2-5,8-9,12H,6-7,10H2,(H,19,20). The quantitative estimate of drug-likeness (QED) is 0.941. The maximum Gasteiger partial charge on any atom is 0.220 e. The monoisotopic (exact) mass is 285 g/mol. The van der Waals surface area contributed by atoms with Gasteiger partial charge in [0.15, 0.2) is 0 Å². The van der Waals surface area contributed by atoms with Crippen molar-refractivity contribution in [1.29, 1.82) is 0 Å². The van der Waals surface area contributed by atoms with Crippen molar-refractivity contribution in [2.24, 2.45) is 0 Å². The summed E-state index contributed by atoms with van der Waals surface area (Å²) in [6, 6.07) is 9.14. The molecule has 5 heteroatoms. The van der Waals surface area contributed by atoms with Crippen molar-refractivity contribution in [2.75, 3.05) is 6.54 Å². The third-order valence-electron chi connectivity index (χ3n) is 3.37. The van der Waals surface area contributed by atoms with Crippen LogP contribution >= 0.6 is 0 Å². The number of rotatable bonds is 3. The molecule has 0 saturated carbocycles. The second-order valence-corrected chi connectivity index (χ2v) is 4.87. The highest BCUT2D eigenvalue weighted by atomic mass is 19.1. The lowest BCUT2D eigenvalue weighted by Gasteiger charge is -2.24. The van der Waals surface area contributed by atoms with Gasteiger partial charge in [0.2, 0.25) is 5.91 Å². The van der Waals surface area contributed by atoms with E-state index in [0.29, 0.717) is 36.3 Å². The molecule has 1 aromatic heterocycles. The number of hydrogen-bond donors (Lipinski definition) is 1. The van der Waals surface area contributed by atoms with Gasteiger partial charge < -0.3 is 10.1 Å². The summed E-state index contributed by atoms with van der Waals surface area (Å²) >= 11 is 0. The van der Waals surface area contributed by atoms with Crippen LogP contribution in [-0.4, -0.2) is 23.5 Å². The van der Waals surface area contributed by atoms with E-state index in [4.69, 9.17) is 4.74 Å². The van der Waals surface area contributed by atoms with Gasteiger partial charge in [0.25, 0.3) is 0 Å². The van der Waals surface area contributed by atoms with E-state index >= 15 is 0 Å². The molecule has 1 radical (unpaired) electrons. The van der Waals surface area contributed by atoms with Crippen LogP contribution < -0.4 is 10.1 Å². The predicted octanol–water partition coefficient (Wildman–Crippen LogP) is 2.35. The molecule has 1 saturated heterocycles. The first kappa shape index (κ1) is 13.5. The minimum Gasteiger partial charge on any atom is -0.488 e. The lowest BCUT2D eigenvalue weighted by molar-refractivity contribution is -0.123. The molecular weight excluding hydrogens is 271 g/mol. The molecule has 1 amide bonds. The normalized spacial score (nSPS) is 18.1. The second kappa shape index (κ2) is 5.91. The smallest absolute Gasteiger partial charge is 0.220 e. The summed E-state index contributed by atoms with van der Waals surface area (Å²) in [4.78, 5) is 15.2. The van der Waals surface area contributed by atoms with E-state index < -0.39 is 5.82 Å². The van der Waals surface area contributed by atoms with Crippen molar-refractivity contribution in [3.63, 3.8) is 0 Å². The maximum absolute atomic E-state index is 14.1. The van der Waals surface area contributed by atoms with Crippen LogP contribution in [0.2, 0.25) is 0 Å². The van der Waals surface area contributed by atoms with Crippen LogP contribution in [0.25, 0.3) is 11.1 Å². The first-order valence-electron chi connectivity index (χ1n) is 6.77. The first-order chi connectivity index (χ1) is 10.2. The fourth-order valence-electron chi connectivity index (χ4n) is 2.33. The average molecular weight is 285 g/mol. The van der Waals surface area contributed by atoms with Crippen LogP contribution in [0.1, 0.15) is 12.8 Å². The zero-order chi connectivity index (χ0) is 14.7. The van der Waals surface area contributed by atoms with Gasteiger partial charge in [-0.25, -0.2) is 4.39 Å². The zero-order valence-electron chi connectivity index (χ0n) is 11.3. The van der Waals surface area contributed by atoms with Gasteiger partial charge in [-0.05, 0) is 30.7 Å². The highest BCUT2D eigenvalue weighted by Gasteiger charge is 2.21. The molecule has 0 spiro atoms. The first-order valence-corrected chi connectivity index (χ1v) is 6.77. The summed E-state index contributed by atoms with van der Waals surface area (Å²) in [6.45, 7) is 0.432. The molecular formula is C16H14FN2O2. The zero-order valence-corrected chi connectivity index (χ0v) is 11.3. The molecule has 1 aliphatic rings. The van der Waals surface area contributed by atoms with E-state index in [1.165, 1.54) is 6.07 Å². The number of hydrogen-bond acceptors (Lipinski definition) is 3. The second-order valence-electron chi connectivity index (χ2n) is 4.87. The minimum absolute atomic E-state index is 0.0214. The maximum atomic E-state index is 14.1. The number of pyridine rings is 1. The molecule has 4 nitrogen and oxygen atoms in total. The molecule has 3 rings (SSSR count). The SMILES string of the molecule is O=C1CCC(Oc2c[c]cc(F)c2-c2cccnc2)CN1. The highest BCUT2D eigenvalue weighted by molar-refractivity contribution is 5.76. The van der Waals surface area contributed by atoms with E-state index in [1.807, 2.05) is 0 Å². The van der Waals surface area contributed by atoms with Gasteiger partial charge in [0.05, 0.1) is 12.1 Å². The number of nitrogens with zero attached hydrogens (tertiary/aromatic N) is 1. The Bertz CT molecular complexity index is 636. The molecule has 1 unspecified atom stereocenters. The Kier molecular flexibility index (Phi) is 3.81. The van der Waals surface area contributed by atoms with Crippen LogP contribution in [0.3, 0.4) is 0 Å². The van der Waals surface area contributed by atoms with E-state index in [-0.39, 0.29) is 12.0 Å². The summed E-state index contributed by atoms with van der Waals surface area (Å²) in [5.74, 6) is 0.0395. The number of ether oxygens (including phenoxy) is 1. The third-order valence-corrected chi connectivity index (χ3v) is 3.37. The van der Waals surface area contributed by atoms with Crippen LogP contribution in [0.5, 0.6) is 5.75 Å². The Morgan fingerprint density at radius 2 is 2.33 bits per heavy atom. The largest absolute Gasteiger partial charge is 0.488 e. The number of halogens is 1. The van der Waals surface area contributed by atoms with Gasteiger partial charge in [-0.3, -0.25) is 9.78 Å². The van der Waals surface area contributed by atoms with E-state index in [0.717, 1.165) is 0 Å². The lowest BCUT2D eigenvalue weighted by Crippen LogP contribution is -2.40. The molecule has 1 aromatic carbocycles. The Balaban J connectivity index is 1.89. The van der Waals surface area contributed by atoms with E-state index in [2.05, 4.69) is 16.4 Å². The van der Waals surface area contributed by atoms with Gasteiger partial charge in [-0.15, -0.1) is 0 Å². The summed E-state index contributed by atoms with van der Waals surface area (Å²) < 4.78 is 20.0. The molecule has 1 N–H and O–H groups in total. The van der Waals surface area contributed by atoms with E-state index in [9.17, 15) is 9.18 Å². The Morgan fingerprint density at radius 1 is 1.43 bits per heavy atom. The highest BCUT2D eigenvalue weighted by Crippen LogP contribution is 2.33. The third kappa shape index (κ3) is 3.02. The van der Waals surface area contributed by atoms with Crippen LogP contribution in [0.4, 0.5) is 4.39 Å². The summed E-state index contributed by atoms with van der Waals surface area (Å²) in [5.41, 5.74) is 1.03. The Morgan fingerprint density at radius 3 is 3.05 bits per heavy atom. The van der Waals surface area contributed by atoms with E-state index in [1.54, 1.807) is 30.6 Å². The molecule has 0 bridgehead atoms. The van der Waals surface area contributed by atoms with Gasteiger partial charge in [-0.2, -0.15) is 0 Å². The van der Waals surface area contributed by atoms with Crippen molar-refractivity contribution in [3.05, 3.63) is 48.5 Å². The van der Waals surface area contributed by atoms with Crippen LogP contribution in [0, 0.1) is 11.9 Å². The molecule has 1 fully saturated rings. The number of carbonyl (C=O) groups excluding carboxylic acids is 1. The number of benzene rings is 1. The number of carbonyl (C=O) groups is 1. The molecule has 2 aromatic rings. The van der Waals surface area contributed by atoms with Gasteiger partial charge in [0, 0.05) is 24.4 Å². The molecule has 2 heterocycles. The number of piperidine rings is 1. The average Bonchev–Trinajstić information content (AvgIpc) is 2.51. The van der Waals surface area contributed by atoms with Gasteiger partial charge in [-0.1, -0.05) is 6.07 Å². The van der Waals surface area contributed by atoms with Crippen LogP contribution in [0.15, 0.2) is 36.7 Å². The van der Waals surface area contributed by atoms with Gasteiger partial charge in [0.1, 0.15) is 17.7 Å². The van der Waals surface area contributed by atoms with Crippen molar-refractivity contribution in [1.82, 2.24) is 10.3 Å². The minimum atomic E-state index is -0.402. The van der Waals surface area contributed by atoms with Gasteiger partial charge >= 0.3 is 0 Å². The topological polar surface area (TPSA) is 51.2 Å². The fraction of sp³-hybridized carbons (Fsp3) is 0.250.